The lowest BCUT2D eigenvalue weighted by Crippen LogP contribution is -2.25. The van der Waals surface area contributed by atoms with Gasteiger partial charge in [-0.15, -0.1) is 0 Å². The summed E-state index contributed by atoms with van der Waals surface area (Å²) >= 11 is 7.93. The number of amides is 1. The minimum absolute atomic E-state index is 0.125. The fourth-order valence-corrected chi connectivity index (χ4v) is 4.88. The van der Waals surface area contributed by atoms with E-state index in [1.165, 1.54) is 0 Å². The van der Waals surface area contributed by atoms with Gasteiger partial charge in [-0.1, -0.05) is 59.8 Å². The number of hydrogen-bond acceptors (Lipinski definition) is 4. The van der Waals surface area contributed by atoms with Crippen LogP contribution in [-0.4, -0.2) is 23.1 Å². The molecule has 0 spiro atoms. The lowest BCUT2D eigenvalue weighted by molar-refractivity contribution is 0.0954. The minimum atomic E-state index is -0.125. The number of nitrogens with zero attached hydrogens (tertiary/aromatic N) is 2. The van der Waals surface area contributed by atoms with Crippen LogP contribution < -0.4 is 5.32 Å². The fraction of sp³-hybridized carbons (Fsp3) is 0.0741. The van der Waals surface area contributed by atoms with Gasteiger partial charge in [-0.25, -0.2) is 4.99 Å². The van der Waals surface area contributed by atoms with E-state index in [2.05, 4.69) is 22.4 Å². The normalized spacial score (nSPS) is 12.2. The summed E-state index contributed by atoms with van der Waals surface area (Å²) in [4.78, 5) is 24.2. The number of halogens is 1. The highest BCUT2D eigenvalue weighted by Crippen LogP contribution is 2.41. The number of aromatic nitrogens is 1. The molecule has 0 saturated carbocycles. The van der Waals surface area contributed by atoms with Crippen LogP contribution in [0.25, 0.3) is 0 Å². The number of pyridine rings is 1. The Labute approximate surface area is 201 Å². The van der Waals surface area contributed by atoms with Gasteiger partial charge < -0.3 is 5.32 Å². The zero-order valence-electron chi connectivity index (χ0n) is 17.7. The Balaban J connectivity index is 1.46. The van der Waals surface area contributed by atoms with Crippen LogP contribution in [-0.2, 0) is 6.42 Å². The zero-order valence-corrected chi connectivity index (χ0v) is 19.2. The van der Waals surface area contributed by atoms with Crippen molar-refractivity contribution < 1.29 is 4.79 Å². The van der Waals surface area contributed by atoms with Gasteiger partial charge in [0.15, 0.2) is 0 Å². The summed E-state index contributed by atoms with van der Waals surface area (Å²) in [6.45, 7) is 0.518. The van der Waals surface area contributed by atoms with Crippen LogP contribution in [0.2, 0.25) is 5.02 Å². The van der Waals surface area contributed by atoms with Crippen molar-refractivity contribution in [1.29, 1.82) is 0 Å². The lowest BCUT2D eigenvalue weighted by Gasteiger charge is -2.09. The molecule has 5 rings (SSSR count). The number of carbonyl (C=O) groups is 1. The van der Waals surface area contributed by atoms with E-state index in [1.807, 2.05) is 72.8 Å². The van der Waals surface area contributed by atoms with Crippen LogP contribution in [0.4, 0.5) is 5.69 Å². The summed E-state index contributed by atoms with van der Waals surface area (Å²) in [5.41, 5.74) is 5.12. The van der Waals surface area contributed by atoms with E-state index in [9.17, 15) is 4.79 Å². The Bertz CT molecular complexity index is 1350. The number of carbonyl (C=O) groups excluding carboxylic acids is 1. The van der Waals surface area contributed by atoms with Crippen LogP contribution in [0.3, 0.4) is 0 Å². The van der Waals surface area contributed by atoms with E-state index in [-0.39, 0.29) is 5.91 Å². The molecule has 6 heteroatoms. The molecule has 0 aliphatic carbocycles. The second kappa shape index (κ2) is 9.61. The van der Waals surface area contributed by atoms with Crippen molar-refractivity contribution in [2.75, 3.05) is 6.54 Å². The molecule has 1 aliphatic heterocycles. The summed E-state index contributed by atoms with van der Waals surface area (Å²) in [7, 11) is 0. The Morgan fingerprint density at radius 1 is 0.909 bits per heavy atom. The van der Waals surface area contributed by atoms with E-state index in [0.717, 1.165) is 38.0 Å². The van der Waals surface area contributed by atoms with Crippen molar-refractivity contribution in [3.63, 3.8) is 0 Å². The van der Waals surface area contributed by atoms with Crippen LogP contribution in [0.5, 0.6) is 0 Å². The fourth-order valence-electron chi connectivity index (χ4n) is 3.69. The molecule has 0 unspecified atom stereocenters. The molecule has 33 heavy (non-hydrogen) atoms. The third kappa shape index (κ3) is 4.85. The number of fused-ring (bicyclic) bond motifs is 2. The first-order chi connectivity index (χ1) is 16.2. The maximum Gasteiger partial charge on any atom is 0.251 e. The smallest absolute Gasteiger partial charge is 0.251 e. The highest BCUT2D eigenvalue weighted by atomic mass is 35.5. The number of aliphatic imine (C=N–C) groups is 1. The first-order valence-electron chi connectivity index (χ1n) is 10.6. The molecular formula is C27H20ClN3OS. The molecule has 4 nitrogen and oxygen atoms in total. The first kappa shape index (κ1) is 21.4. The largest absolute Gasteiger partial charge is 0.352 e. The summed E-state index contributed by atoms with van der Waals surface area (Å²) < 4.78 is 0. The highest BCUT2D eigenvalue weighted by molar-refractivity contribution is 7.99. The molecule has 1 amide bonds. The van der Waals surface area contributed by atoms with Gasteiger partial charge in [-0.3, -0.25) is 9.78 Å². The Morgan fingerprint density at radius 3 is 2.64 bits per heavy atom. The highest BCUT2D eigenvalue weighted by Gasteiger charge is 2.20. The molecule has 1 aromatic heterocycles. The van der Waals surface area contributed by atoms with Gasteiger partial charge in [0.2, 0.25) is 0 Å². The standard InChI is InChI=1S/C27H20ClN3OS/c28-20-7-5-6-18(16-20)26-22-9-1-2-10-24(22)33-25-12-11-19(17-23(25)31-26)27(32)30-15-13-21-8-3-4-14-29-21/h1-12,14,16-17H,13,15H2,(H,30,32). The summed E-state index contributed by atoms with van der Waals surface area (Å²) in [5.74, 6) is -0.125. The van der Waals surface area contributed by atoms with Crippen molar-refractivity contribution in [3.8, 4) is 0 Å². The van der Waals surface area contributed by atoms with Gasteiger partial charge in [0, 0.05) is 56.4 Å². The van der Waals surface area contributed by atoms with E-state index in [1.54, 1.807) is 18.0 Å². The topological polar surface area (TPSA) is 54.4 Å². The Hall–Kier alpha value is -3.41. The van der Waals surface area contributed by atoms with Gasteiger partial charge in [0.05, 0.1) is 11.4 Å². The molecular weight excluding hydrogens is 450 g/mol. The van der Waals surface area contributed by atoms with Crippen LogP contribution in [0.1, 0.15) is 27.2 Å². The molecule has 0 bridgehead atoms. The van der Waals surface area contributed by atoms with Crippen molar-refractivity contribution in [2.45, 2.75) is 16.2 Å². The maximum absolute atomic E-state index is 12.8. The molecule has 0 radical (unpaired) electrons. The molecule has 1 aliphatic rings. The third-order valence-electron chi connectivity index (χ3n) is 5.31. The first-order valence-corrected chi connectivity index (χ1v) is 11.8. The quantitative estimate of drug-likeness (QED) is 0.326. The van der Waals surface area contributed by atoms with Crippen molar-refractivity contribution in [2.24, 2.45) is 4.99 Å². The molecule has 2 heterocycles. The lowest BCUT2D eigenvalue weighted by atomic mass is 10.0. The van der Waals surface area contributed by atoms with Gasteiger partial charge in [-0.2, -0.15) is 0 Å². The monoisotopic (exact) mass is 469 g/mol. The molecule has 4 aromatic rings. The number of nitrogens with one attached hydrogen (secondary N) is 1. The van der Waals surface area contributed by atoms with Gasteiger partial charge in [-0.05, 0) is 48.5 Å². The molecule has 0 saturated heterocycles. The SMILES string of the molecule is O=C(NCCc1ccccn1)c1ccc2c(c1)N=C(c1cccc(Cl)c1)c1ccccc1S2. The van der Waals surface area contributed by atoms with Crippen molar-refractivity contribution >= 4 is 40.7 Å². The number of benzene rings is 3. The Morgan fingerprint density at radius 2 is 1.79 bits per heavy atom. The molecule has 0 atom stereocenters. The maximum atomic E-state index is 12.8. The summed E-state index contributed by atoms with van der Waals surface area (Å²) in [6.07, 6.45) is 2.44. The summed E-state index contributed by atoms with van der Waals surface area (Å²) in [5, 5.41) is 3.64. The predicted molar refractivity (Wildman–Crippen MR) is 134 cm³/mol. The van der Waals surface area contributed by atoms with E-state index in [4.69, 9.17) is 16.6 Å². The van der Waals surface area contributed by atoms with E-state index < -0.39 is 0 Å². The van der Waals surface area contributed by atoms with Crippen molar-refractivity contribution in [3.05, 3.63) is 119 Å². The average Bonchev–Trinajstić information content (AvgIpc) is 3.01. The predicted octanol–water partition coefficient (Wildman–Crippen LogP) is 6.34. The van der Waals surface area contributed by atoms with Crippen LogP contribution >= 0.6 is 23.4 Å². The second-order valence-electron chi connectivity index (χ2n) is 7.58. The Kier molecular flexibility index (Phi) is 6.24. The van der Waals surface area contributed by atoms with E-state index in [0.29, 0.717) is 23.6 Å². The van der Waals surface area contributed by atoms with Gasteiger partial charge in [0.25, 0.3) is 5.91 Å². The zero-order chi connectivity index (χ0) is 22.6. The van der Waals surface area contributed by atoms with Crippen LogP contribution in [0.15, 0.2) is 106 Å². The van der Waals surface area contributed by atoms with Crippen molar-refractivity contribution in [1.82, 2.24) is 10.3 Å². The van der Waals surface area contributed by atoms with E-state index >= 15 is 0 Å². The second-order valence-corrected chi connectivity index (χ2v) is 9.10. The van der Waals surface area contributed by atoms with Gasteiger partial charge in [0.1, 0.15) is 0 Å². The molecule has 3 aromatic carbocycles. The third-order valence-corrected chi connectivity index (χ3v) is 6.68. The van der Waals surface area contributed by atoms with Gasteiger partial charge >= 0.3 is 0 Å². The molecule has 1 N–H and O–H groups in total. The molecule has 162 valence electrons. The molecule has 0 fully saturated rings. The minimum Gasteiger partial charge on any atom is -0.352 e. The number of hydrogen-bond donors (Lipinski definition) is 1. The summed E-state index contributed by atoms with van der Waals surface area (Å²) in [6, 6.07) is 27.3. The number of rotatable bonds is 5. The average molecular weight is 470 g/mol. The van der Waals surface area contributed by atoms with Crippen LogP contribution in [0, 0.1) is 0 Å².